The molecule has 0 rings (SSSR count). The predicted molar refractivity (Wildman–Crippen MR) is 284 cm³/mol. The van der Waals surface area contributed by atoms with Crippen LogP contribution in [0.15, 0.2) is 0 Å². The highest BCUT2D eigenvalue weighted by atomic mass is 16.6. The Kier molecular flexibility index (Phi) is 51.5. The minimum atomic E-state index is -0.763. The van der Waals surface area contributed by atoms with Crippen molar-refractivity contribution < 1.29 is 28.6 Å². The van der Waals surface area contributed by atoms with Gasteiger partial charge < -0.3 is 14.2 Å². The standard InChI is InChI=1S/C60H116O6/c1-6-8-9-10-11-12-13-14-15-16-17-18-19-23-26-29-35-40-45-50-58(61)64-53-57(54-65-59(62)51-46-41-36-32-31-34-39-44-49-56(5)7-2)66-60(63)52-47-42-37-30-27-24-21-20-22-25-28-33-38-43-48-55(3)4/h55-57H,6-54H2,1-5H3/t56?,57-/m0/s1. The van der Waals surface area contributed by atoms with Crippen molar-refractivity contribution >= 4 is 17.9 Å². The van der Waals surface area contributed by atoms with Crippen LogP contribution in [0.2, 0.25) is 0 Å². The molecule has 392 valence electrons. The predicted octanol–water partition coefficient (Wildman–Crippen LogP) is 19.7. The van der Waals surface area contributed by atoms with E-state index in [0.717, 1.165) is 69.6 Å². The summed E-state index contributed by atoms with van der Waals surface area (Å²) in [5, 5.41) is 0. The summed E-state index contributed by atoms with van der Waals surface area (Å²) in [6.45, 7) is 11.4. The van der Waals surface area contributed by atoms with Gasteiger partial charge in [0.25, 0.3) is 0 Å². The molecule has 0 aliphatic rings. The van der Waals surface area contributed by atoms with E-state index in [-0.39, 0.29) is 31.1 Å². The third-order valence-corrected chi connectivity index (χ3v) is 14.1. The van der Waals surface area contributed by atoms with E-state index in [1.54, 1.807) is 0 Å². The van der Waals surface area contributed by atoms with Gasteiger partial charge in [-0.25, -0.2) is 0 Å². The summed E-state index contributed by atoms with van der Waals surface area (Å²) < 4.78 is 16.9. The van der Waals surface area contributed by atoms with Crippen molar-refractivity contribution in [1.29, 1.82) is 0 Å². The third kappa shape index (κ3) is 51.8. The quantitative estimate of drug-likeness (QED) is 0.0343. The van der Waals surface area contributed by atoms with Crippen LogP contribution < -0.4 is 0 Å². The van der Waals surface area contributed by atoms with Crippen LogP contribution in [0.4, 0.5) is 0 Å². The van der Waals surface area contributed by atoms with Gasteiger partial charge >= 0.3 is 17.9 Å². The Bertz CT molecular complexity index is 1010. The lowest BCUT2D eigenvalue weighted by molar-refractivity contribution is -0.167. The highest BCUT2D eigenvalue weighted by molar-refractivity contribution is 5.71. The summed E-state index contributed by atoms with van der Waals surface area (Å²) in [5.74, 6) is 0.851. The highest BCUT2D eigenvalue weighted by Gasteiger charge is 2.19. The lowest BCUT2D eigenvalue weighted by Crippen LogP contribution is -2.30. The lowest BCUT2D eigenvalue weighted by atomic mass is 9.99. The first-order chi connectivity index (χ1) is 32.3. The molecule has 66 heavy (non-hydrogen) atoms. The fourth-order valence-electron chi connectivity index (χ4n) is 9.20. The topological polar surface area (TPSA) is 78.9 Å². The molecule has 2 atom stereocenters. The number of hydrogen-bond donors (Lipinski definition) is 0. The second kappa shape index (κ2) is 52.8. The van der Waals surface area contributed by atoms with Crippen LogP contribution in [0.1, 0.15) is 336 Å². The number of rotatable bonds is 54. The van der Waals surface area contributed by atoms with Gasteiger partial charge in [0.15, 0.2) is 6.10 Å². The zero-order valence-electron chi connectivity index (χ0n) is 45.3. The Labute approximate surface area is 412 Å². The van der Waals surface area contributed by atoms with Gasteiger partial charge in [-0.3, -0.25) is 14.4 Å². The van der Waals surface area contributed by atoms with Crippen molar-refractivity contribution in [2.75, 3.05) is 13.2 Å². The Morgan fingerprint density at radius 3 is 0.864 bits per heavy atom. The first kappa shape index (κ1) is 64.4. The Morgan fingerprint density at radius 2 is 0.576 bits per heavy atom. The van der Waals surface area contributed by atoms with Crippen molar-refractivity contribution in [2.24, 2.45) is 11.8 Å². The van der Waals surface area contributed by atoms with Gasteiger partial charge in [-0.1, -0.05) is 298 Å². The van der Waals surface area contributed by atoms with E-state index in [1.807, 2.05) is 0 Å². The second-order valence-electron chi connectivity index (χ2n) is 21.4. The summed E-state index contributed by atoms with van der Waals surface area (Å²) in [7, 11) is 0. The van der Waals surface area contributed by atoms with Gasteiger partial charge in [-0.2, -0.15) is 0 Å². The van der Waals surface area contributed by atoms with Crippen LogP contribution in [0, 0.1) is 11.8 Å². The molecular weight excluding hydrogens is 817 g/mol. The summed E-state index contributed by atoms with van der Waals surface area (Å²) in [5.41, 5.74) is 0. The number of unbranched alkanes of at least 4 members (excludes halogenated alkanes) is 38. The molecule has 0 saturated carbocycles. The minimum Gasteiger partial charge on any atom is -0.462 e. The summed E-state index contributed by atoms with van der Waals surface area (Å²) >= 11 is 0. The van der Waals surface area contributed by atoms with E-state index in [9.17, 15) is 14.4 Å². The molecule has 0 saturated heterocycles. The van der Waals surface area contributed by atoms with E-state index in [2.05, 4.69) is 34.6 Å². The fraction of sp³-hybridized carbons (Fsp3) is 0.950. The Balaban J connectivity index is 4.27. The molecule has 0 aromatic carbocycles. The average Bonchev–Trinajstić information content (AvgIpc) is 3.30. The molecule has 0 amide bonds. The number of carbonyl (C=O) groups is 3. The van der Waals surface area contributed by atoms with E-state index in [4.69, 9.17) is 14.2 Å². The SMILES string of the molecule is CCCCCCCCCCCCCCCCCCCCCC(=O)OC[C@@H](COC(=O)CCCCCCCCCCC(C)CC)OC(=O)CCCCCCCCCCCCCCCCC(C)C. The molecule has 0 radical (unpaired) electrons. The van der Waals surface area contributed by atoms with Gasteiger partial charge in [0.2, 0.25) is 0 Å². The van der Waals surface area contributed by atoms with Gasteiger partial charge in [-0.05, 0) is 31.1 Å². The summed E-state index contributed by atoms with van der Waals surface area (Å²) in [6, 6.07) is 0. The first-order valence-corrected chi connectivity index (χ1v) is 29.8. The van der Waals surface area contributed by atoms with Crippen LogP contribution in [0.3, 0.4) is 0 Å². The number of hydrogen-bond acceptors (Lipinski definition) is 6. The van der Waals surface area contributed by atoms with Crippen LogP contribution in [0.25, 0.3) is 0 Å². The molecule has 0 aliphatic carbocycles. The number of esters is 3. The zero-order valence-corrected chi connectivity index (χ0v) is 45.3. The number of ether oxygens (including phenoxy) is 3. The normalized spacial score (nSPS) is 12.5. The molecule has 0 aromatic rings. The van der Waals surface area contributed by atoms with Crippen LogP contribution in [-0.2, 0) is 28.6 Å². The third-order valence-electron chi connectivity index (χ3n) is 14.1. The second-order valence-corrected chi connectivity index (χ2v) is 21.4. The monoisotopic (exact) mass is 933 g/mol. The molecule has 0 heterocycles. The van der Waals surface area contributed by atoms with E-state index in [1.165, 1.54) is 225 Å². The van der Waals surface area contributed by atoms with E-state index in [0.29, 0.717) is 19.3 Å². The van der Waals surface area contributed by atoms with Crippen molar-refractivity contribution in [3.05, 3.63) is 0 Å². The molecule has 0 aliphatic heterocycles. The van der Waals surface area contributed by atoms with Gasteiger partial charge in [0, 0.05) is 19.3 Å². The highest BCUT2D eigenvalue weighted by Crippen LogP contribution is 2.19. The molecule has 0 N–H and O–H groups in total. The van der Waals surface area contributed by atoms with Gasteiger partial charge in [0.1, 0.15) is 13.2 Å². The van der Waals surface area contributed by atoms with Gasteiger partial charge in [0.05, 0.1) is 0 Å². The molecular formula is C60H116O6. The maximum Gasteiger partial charge on any atom is 0.306 e. The smallest absolute Gasteiger partial charge is 0.306 e. The maximum atomic E-state index is 12.9. The van der Waals surface area contributed by atoms with Crippen molar-refractivity contribution in [3.63, 3.8) is 0 Å². The molecule has 0 bridgehead atoms. The molecule has 0 spiro atoms. The van der Waals surface area contributed by atoms with Crippen LogP contribution in [0.5, 0.6) is 0 Å². The minimum absolute atomic E-state index is 0.0629. The fourth-order valence-corrected chi connectivity index (χ4v) is 9.20. The average molecular weight is 934 g/mol. The summed E-state index contributed by atoms with van der Waals surface area (Å²) in [4.78, 5) is 38.2. The van der Waals surface area contributed by atoms with Crippen LogP contribution in [-0.4, -0.2) is 37.2 Å². The molecule has 0 fully saturated rings. The molecule has 6 nitrogen and oxygen atoms in total. The first-order valence-electron chi connectivity index (χ1n) is 29.8. The van der Waals surface area contributed by atoms with Crippen molar-refractivity contribution in [1.82, 2.24) is 0 Å². The summed E-state index contributed by atoms with van der Waals surface area (Å²) in [6.07, 6.45) is 56.7. The molecule has 0 aromatic heterocycles. The Hall–Kier alpha value is -1.59. The van der Waals surface area contributed by atoms with Crippen LogP contribution >= 0.6 is 0 Å². The number of carbonyl (C=O) groups excluding carboxylic acids is 3. The largest absolute Gasteiger partial charge is 0.462 e. The van der Waals surface area contributed by atoms with Gasteiger partial charge in [-0.15, -0.1) is 0 Å². The Morgan fingerprint density at radius 1 is 0.318 bits per heavy atom. The maximum absolute atomic E-state index is 12.9. The van der Waals surface area contributed by atoms with E-state index >= 15 is 0 Å². The van der Waals surface area contributed by atoms with Crippen molar-refractivity contribution in [3.8, 4) is 0 Å². The zero-order chi connectivity index (χ0) is 48.2. The van der Waals surface area contributed by atoms with Crippen molar-refractivity contribution in [2.45, 2.75) is 343 Å². The molecule has 6 heteroatoms. The van der Waals surface area contributed by atoms with E-state index < -0.39 is 6.10 Å². The lowest BCUT2D eigenvalue weighted by Gasteiger charge is -2.18. The molecule has 1 unspecified atom stereocenters.